The Labute approximate surface area is 93.7 Å². The maximum Gasteiger partial charge on any atom is 0.287 e. The molecule has 1 aromatic rings. The van der Waals surface area contributed by atoms with Gasteiger partial charge in [0.05, 0.1) is 12.9 Å². The molecule has 0 aromatic carbocycles. The molecule has 1 atom stereocenters. The van der Waals surface area contributed by atoms with Gasteiger partial charge in [-0.05, 0) is 26.0 Å². The van der Waals surface area contributed by atoms with Crippen LogP contribution < -0.4 is 5.32 Å². The summed E-state index contributed by atoms with van der Waals surface area (Å²) in [5, 5.41) is 2.73. The molecule has 1 aromatic heterocycles. The zero-order valence-corrected chi connectivity index (χ0v) is 9.36. The van der Waals surface area contributed by atoms with E-state index in [1.165, 1.54) is 6.26 Å². The number of ether oxygens (including phenoxy) is 2. The van der Waals surface area contributed by atoms with Crippen LogP contribution in [-0.4, -0.2) is 30.9 Å². The first-order chi connectivity index (χ1) is 7.57. The summed E-state index contributed by atoms with van der Waals surface area (Å²) in [6, 6.07) is 3.29. The fourth-order valence-corrected chi connectivity index (χ4v) is 1.57. The van der Waals surface area contributed by atoms with Crippen LogP contribution in [0.2, 0.25) is 0 Å². The first-order valence-corrected chi connectivity index (χ1v) is 5.20. The summed E-state index contributed by atoms with van der Waals surface area (Å²) in [6.07, 6.45) is 1.36. The maximum atomic E-state index is 11.5. The van der Waals surface area contributed by atoms with Gasteiger partial charge in [0.2, 0.25) is 0 Å². The zero-order valence-electron chi connectivity index (χ0n) is 9.36. The van der Waals surface area contributed by atoms with E-state index in [1.54, 1.807) is 12.1 Å². The van der Waals surface area contributed by atoms with Crippen LogP contribution >= 0.6 is 0 Å². The summed E-state index contributed by atoms with van der Waals surface area (Å²) in [7, 11) is 0. The van der Waals surface area contributed by atoms with Crippen molar-refractivity contribution < 1.29 is 18.7 Å². The van der Waals surface area contributed by atoms with E-state index < -0.39 is 5.79 Å². The van der Waals surface area contributed by atoms with E-state index in [1.807, 2.05) is 13.8 Å². The van der Waals surface area contributed by atoms with Gasteiger partial charge in [0.1, 0.15) is 6.10 Å². The molecule has 2 rings (SSSR count). The fourth-order valence-electron chi connectivity index (χ4n) is 1.57. The Kier molecular flexibility index (Phi) is 2.98. The van der Waals surface area contributed by atoms with Gasteiger partial charge in [-0.1, -0.05) is 0 Å². The first kappa shape index (κ1) is 11.2. The van der Waals surface area contributed by atoms with Crippen LogP contribution in [0.3, 0.4) is 0 Å². The first-order valence-electron chi connectivity index (χ1n) is 5.20. The Balaban J connectivity index is 1.79. The molecule has 0 saturated carbocycles. The second-order valence-corrected chi connectivity index (χ2v) is 4.14. The van der Waals surface area contributed by atoms with Crippen LogP contribution in [0, 0.1) is 0 Å². The molecule has 0 spiro atoms. The lowest BCUT2D eigenvalue weighted by Crippen LogP contribution is -2.34. The molecule has 5 heteroatoms. The predicted molar refractivity (Wildman–Crippen MR) is 55.9 cm³/mol. The summed E-state index contributed by atoms with van der Waals surface area (Å²) in [4.78, 5) is 11.5. The van der Waals surface area contributed by atoms with Crippen molar-refractivity contribution in [1.29, 1.82) is 0 Å². The molecule has 1 amide bonds. The van der Waals surface area contributed by atoms with Crippen molar-refractivity contribution in [1.82, 2.24) is 5.32 Å². The Bertz CT molecular complexity index is 358. The molecule has 16 heavy (non-hydrogen) atoms. The average molecular weight is 225 g/mol. The van der Waals surface area contributed by atoms with Gasteiger partial charge in [-0.3, -0.25) is 4.79 Å². The second-order valence-electron chi connectivity index (χ2n) is 4.14. The van der Waals surface area contributed by atoms with E-state index in [-0.39, 0.29) is 12.0 Å². The van der Waals surface area contributed by atoms with Crippen molar-refractivity contribution in [3.63, 3.8) is 0 Å². The molecule has 0 radical (unpaired) electrons. The highest BCUT2D eigenvalue weighted by atomic mass is 16.7. The number of rotatable bonds is 3. The predicted octanol–water partition coefficient (Wildman–Crippen LogP) is 1.16. The van der Waals surface area contributed by atoms with E-state index in [0.29, 0.717) is 18.9 Å². The summed E-state index contributed by atoms with van der Waals surface area (Å²) >= 11 is 0. The molecule has 1 saturated heterocycles. The Morgan fingerprint density at radius 2 is 2.44 bits per heavy atom. The second kappa shape index (κ2) is 4.27. The molecular formula is C11H15NO4. The largest absolute Gasteiger partial charge is 0.459 e. The highest BCUT2D eigenvalue weighted by Crippen LogP contribution is 2.21. The van der Waals surface area contributed by atoms with E-state index in [4.69, 9.17) is 13.9 Å². The standard InChI is InChI=1S/C11H15NO4/c1-11(2)15-7-8(16-11)6-12-10(13)9-4-3-5-14-9/h3-5,8H,6-7H2,1-2H3,(H,12,13). The summed E-state index contributed by atoms with van der Waals surface area (Å²) < 4.78 is 15.9. The Hall–Kier alpha value is -1.33. The number of carbonyl (C=O) groups excluding carboxylic acids is 1. The summed E-state index contributed by atoms with van der Waals surface area (Å²) in [6.45, 7) is 4.61. The number of hydrogen-bond donors (Lipinski definition) is 1. The van der Waals surface area contributed by atoms with Gasteiger partial charge in [0.25, 0.3) is 5.91 Å². The van der Waals surface area contributed by atoms with Gasteiger partial charge in [-0.15, -0.1) is 0 Å². The van der Waals surface area contributed by atoms with Crippen molar-refractivity contribution in [2.75, 3.05) is 13.2 Å². The van der Waals surface area contributed by atoms with Crippen LogP contribution in [0.4, 0.5) is 0 Å². The Morgan fingerprint density at radius 1 is 1.62 bits per heavy atom. The summed E-state index contributed by atoms with van der Waals surface area (Å²) in [5.74, 6) is -0.489. The van der Waals surface area contributed by atoms with Crippen molar-refractivity contribution in [3.05, 3.63) is 24.2 Å². The topological polar surface area (TPSA) is 60.7 Å². The van der Waals surface area contributed by atoms with Crippen LogP contribution in [0.1, 0.15) is 24.4 Å². The number of amides is 1. The van der Waals surface area contributed by atoms with Crippen LogP contribution in [0.25, 0.3) is 0 Å². The minimum Gasteiger partial charge on any atom is -0.459 e. The van der Waals surface area contributed by atoms with E-state index in [2.05, 4.69) is 5.32 Å². The molecule has 0 aliphatic carbocycles. The van der Waals surface area contributed by atoms with Crippen molar-refractivity contribution in [3.8, 4) is 0 Å². The van der Waals surface area contributed by atoms with Gasteiger partial charge < -0.3 is 19.2 Å². The molecule has 5 nitrogen and oxygen atoms in total. The summed E-state index contributed by atoms with van der Waals surface area (Å²) in [5.41, 5.74) is 0. The number of hydrogen-bond acceptors (Lipinski definition) is 4. The molecule has 1 N–H and O–H groups in total. The molecule has 1 aliphatic rings. The van der Waals surface area contributed by atoms with Crippen LogP contribution in [0.5, 0.6) is 0 Å². The molecule has 1 unspecified atom stereocenters. The molecule has 0 bridgehead atoms. The SMILES string of the molecule is CC1(C)OCC(CNC(=O)c2ccco2)O1. The van der Waals surface area contributed by atoms with E-state index >= 15 is 0 Å². The monoisotopic (exact) mass is 225 g/mol. The Morgan fingerprint density at radius 3 is 3.00 bits per heavy atom. The zero-order chi connectivity index (χ0) is 11.6. The van der Waals surface area contributed by atoms with Gasteiger partial charge in [0, 0.05) is 6.54 Å². The van der Waals surface area contributed by atoms with Gasteiger partial charge in [-0.2, -0.15) is 0 Å². The highest BCUT2D eigenvalue weighted by molar-refractivity contribution is 5.91. The molecule has 1 aliphatic heterocycles. The quantitative estimate of drug-likeness (QED) is 0.838. The fraction of sp³-hybridized carbons (Fsp3) is 0.545. The molecule has 1 fully saturated rings. The molecule has 88 valence electrons. The maximum absolute atomic E-state index is 11.5. The van der Waals surface area contributed by atoms with Crippen molar-refractivity contribution in [2.45, 2.75) is 25.7 Å². The minimum atomic E-state index is -0.555. The number of furan rings is 1. The molecular weight excluding hydrogens is 210 g/mol. The highest BCUT2D eigenvalue weighted by Gasteiger charge is 2.32. The normalized spacial score (nSPS) is 23.2. The molecule has 2 heterocycles. The lowest BCUT2D eigenvalue weighted by Gasteiger charge is -2.17. The van der Waals surface area contributed by atoms with Crippen molar-refractivity contribution in [2.24, 2.45) is 0 Å². The third kappa shape index (κ3) is 2.62. The van der Waals surface area contributed by atoms with Gasteiger partial charge in [-0.25, -0.2) is 0 Å². The van der Waals surface area contributed by atoms with E-state index in [0.717, 1.165) is 0 Å². The average Bonchev–Trinajstić information content (AvgIpc) is 2.83. The third-order valence-corrected chi connectivity index (χ3v) is 2.30. The van der Waals surface area contributed by atoms with Crippen molar-refractivity contribution >= 4 is 5.91 Å². The smallest absolute Gasteiger partial charge is 0.287 e. The van der Waals surface area contributed by atoms with Gasteiger partial charge >= 0.3 is 0 Å². The van der Waals surface area contributed by atoms with Gasteiger partial charge in [0.15, 0.2) is 11.5 Å². The minimum absolute atomic E-state index is 0.103. The van der Waals surface area contributed by atoms with Crippen LogP contribution in [0.15, 0.2) is 22.8 Å². The number of carbonyl (C=O) groups is 1. The van der Waals surface area contributed by atoms with E-state index in [9.17, 15) is 4.79 Å². The third-order valence-electron chi connectivity index (χ3n) is 2.30. The number of nitrogens with one attached hydrogen (secondary N) is 1. The van der Waals surface area contributed by atoms with Crippen LogP contribution in [-0.2, 0) is 9.47 Å². The lowest BCUT2D eigenvalue weighted by atomic mass is 10.3. The lowest BCUT2D eigenvalue weighted by molar-refractivity contribution is -0.137.